The summed E-state index contributed by atoms with van der Waals surface area (Å²) in [6.45, 7) is 6.97. The van der Waals surface area contributed by atoms with E-state index in [9.17, 15) is 9.59 Å². The molecule has 27 heavy (non-hydrogen) atoms. The van der Waals surface area contributed by atoms with E-state index in [1.165, 1.54) is 6.92 Å². The number of carbonyl (C=O) groups excluding carboxylic acids is 2. The third-order valence-electron chi connectivity index (χ3n) is 5.14. The zero-order chi connectivity index (χ0) is 19.6. The van der Waals surface area contributed by atoms with Crippen molar-refractivity contribution in [2.24, 2.45) is 5.92 Å². The molecule has 0 saturated carbocycles. The maximum Gasteiger partial charge on any atom is 0.307 e. The Morgan fingerprint density at radius 1 is 0.889 bits per heavy atom. The summed E-state index contributed by atoms with van der Waals surface area (Å²) in [5.74, 6) is 0.166. The third-order valence-corrected chi connectivity index (χ3v) is 5.14. The normalized spacial score (nSPS) is 22.5. The van der Waals surface area contributed by atoms with Crippen LogP contribution < -0.4 is 0 Å². The van der Waals surface area contributed by atoms with E-state index in [4.69, 9.17) is 4.74 Å². The predicted molar refractivity (Wildman–Crippen MR) is 105 cm³/mol. The second-order valence-electron chi connectivity index (χ2n) is 7.02. The highest BCUT2D eigenvalue weighted by atomic mass is 16.5. The fourth-order valence-corrected chi connectivity index (χ4v) is 4.10. The highest BCUT2D eigenvalue weighted by Crippen LogP contribution is 2.48. The zero-order valence-electron chi connectivity index (χ0n) is 16.2. The Morgan fingerprint density at radius 2 is 1.41 bits per heavy atom. The largest absolute Gasteiger partial charge is 0.431 e. The third kappa shape index (κ3) is 3.65. The van der Waals surface area contributed by atoms with Crippen molar-refractivity contribution in [2.45, 2.75) is 39.8 Å². The van der Waals surface area contributed by atoms with Crippen molar-refractivity contribution < 1.29 is 14.3 Å². The molecule has 3 atom stereocenters. The molecular formula is C23H25NO3. The number of hydrogen-bond donors (Lipinski definition) is 0. The molecule has 3 unspecified atom stereocenters. The second-order valence-corrected chi connectivity index (χ2v) is 7.02. The molecule has 0 fully saturated rings. The molecule has 0 bridgehead atoms. The van der Waals surface area contributed by atoms with Gasteiger partial charge < -0.3 is 9.64 Å². The Labute approximate surface area is 160 Å². The van der Waals surface area contributed by atoms with Crippen LogP contribution in [0.4, 0.5) is 0 Å². The van der Waals surface area contributed by atoms with Gasteiger partial charge in [-0.15, -0.1) is 0 Å². The van der Waals surface area contributed by atoms with Gasteiger partial charge in [-0.1, -0.05) is 67.6 Å². The van der Waals surface area contributed by atoms with Crippen LogP contribution >= 0.6 is 0 Å². The maximum atomic E-state index is 12.8. The van der Waals surface area contributed by atoms with E-state index in [1.54, 1.807) is 6.92 Å². The summed E-state index contributed by atoms with van der Waals surface area (Å²) in [5.41, 5.74) is 2.92. The van der Waals surface area contributed by atoms with Gasteiger partial charge in [0.05, 0.1) is 12.1 Å². The number of benzene rings is 2. The lowest BCUT2D eigenvalue weighted by molar-refractivity contribution is -0.141. The molecule has 0 N–H and O–H groups in total. The Hall–Kier alpha value is -2.88. The van der Waals surface area contributed by atoms with Gasteiger partial charge >= 0.3 is 5.97 Å². The van der Waals surface area contributed by atoms with Crippen molar-refractivity contribution >= 4 is 11.9 Å². The smallest absolute Gasteiger partial charge is 0.307 e. The van der Waals surface area contributed by atoms with Gasteiger partial charge in [-0.2, -0.15) is 0 Å². The molecule has 0 aliphatic carbocycles. The Balaban J connectivity index is 2.23. The number of esters is 1. The summed E-state index contributed by atoms with van der Waals surface area (Å²) in [6.07, 6.45) is 0. The van der Waals surface area contributed by atoms with E-state index >= 15 is 0 Å². The van der Waals surface area contributed by atoms with Crippen LogP contribution in [0.2, 0.25) is 0 Å². The average molecular weight is 363 g/mol. The van der Waals surface area contributed by atoms with Crippen molar-refractivity contribution in [1.29, 1.82) is 0 Å². The van der Waals surface area contributed by atoms with Gasteiger partial charge in [0.25, 0.3) is 0 Å². The molecule has 4 heteroatoms. The predicted octanol–water partition coefficient (Wildman–Crippen LogP) is 4.80. The number of ether oxygens (including phenoxy) is 1. The summed E-state index contributed by atoms with van der Waals surface area (Å²) in [4.78, 5) is 26.5. The van der Waals surface area contributed by atoms with Crippen molar-refractivity contribution in [3.05, 3.63) is 83.1 Å². The van der Waals surface area contributed by atoms with Crippen molar-refractivity contribution in [1.82, 2.24) is 4.90 Å². The number of carbonyl (C=O) groups is 2. The molecule has 3 rings (SSSR count). The Kier molecular flexibility index (Phi) is 5.45. The minimum atomic E-state index is -0.342. The van der Waals surface area contributed by atoms with E-state index in [0.29, 0.717) is 5.76 Å². The quantitative estimate of drug-likeness (QED) is 0.736. The molecule has 0 saturated heterocycles. The summed E-state index contributed by atoms with van der Waals surface area (Å²) in [5, 5.41) is 0. The maximum absolute atomic E-state index is 12.8. The molecule has 1 aliphatic rings. The van der Waals surface area contributed by atoms with E-state index in [0.717, 1.165) is 16.7 Å². The molecule has 0 aromatic heterocycles. The molecule has 0 radical (unpaired) electrons. The first-order chi connectivity index (χ1) is 12.9. The number of nitrogens with zero attached hydrogens (tertiary/aromatic N) is 1. The number of rotatable bonds is 3. The van der Waals surface area contributed by atoms with Gasteiger partial charge in [0.1, 0.15) is 5.76 Å². The Morgan fingerprint density at radius 3 is 1.89 bits per heavy atom. The van der Waals surface area contributed by atoms with Crippen LogP contribution in [-0.4, -0.2) is 16.8 Å². The van der Waals surface area contributed by atoms with Crippen molar-refractivity contribution in [2.75, 3.05) is 0 Å². The Bertz CT molecular complexity index is 858. The van der Waals surface area contributed by atoms with Crippen LogP contribution in [0.5, 0.6) is 0 Å². The molecule has 2 aromatic rings. The first kappa shape index (κ1) is 18.9. The van der Waals surface area contributed by atoms with Crippen LogP contribution in [0.25, 0.3) is 0 Å². The van der Waals surface area contributed by atoms with Gasteiger partial charge in [0.2, 0.25) is 5.91 Å². The van der Waals surface area contributed by atoms with Crippen LogP contribution in [0.3, 0.4) is 0 Å². The minimum Gasteiger partial charge on any atom is -0.431 e. The van der Waals surface area contributed by atoms with Crippen molar-refractivity contribution in [3.63, 3.8) is 0 Å². The first-order valence-corrected chi connectivity index (χ1v) is 9.19. The topological polar surface area (TPSA) is 46.6 Å². The number of amides is 1. The molecule has 4 nitrogen and oxygen atoms in total. The fraction of sp³-hybridized carbons (Fsp3) is 0.304. The van der Waals surface area contributed by atoms with Gasteiger partial charge in [0, 0.05) is 19.8 Å². The molecule has 1 amide bonds. The first-order valence-electron chi connectivity index (χ1n) is 9.19. The average Bonchev–Trinajstić information content (AvgIpc) is 2.65. The van der Waals surface area contributed by atoms with Crippen LogP contribution in [-0.2, 0) is 14.3 Å². The van der Waals surface area contributed by atoms with Crippen LogP contribution in [0.1, 0.15) is 50.9 Å². The SMILES string of the molecule is CC(=O)OC1=C(C)C(c2ccccc2)N(C(C)=O)C(c2ccccc2)C1C. The van der Waals surface area contributed by atoms with Crippen LogP contribution in [0, 0.1) is 5.92 Å². The summed E-state index contributed by atoms with van der Waals surface area (Å²) >= 11 is 0. The van der Waals surface area contributed by atoms with Gasteiger partial charge in [-0.05, 0) is 23.6 Å². The fourth-order valence-electron chi connectivity index (χ4n) is 4.10. The molecule has 1 aliphatic heterocycles. The highest BCUT2D eigenvalue weighted by molar-refractivity contribution is 5.76. The zero-order valence-corrected chi connectivity index (χ0v) is 16.2. The molecule has 0 spiro atoms. The van der Waals surface area contributed by atoms with Crippen LogP contribution in [0.15, 0.2) is 72.0 Å². The highest BCUT2D eigenvalue weighted by Gasteiger charge is 2.43. The van der Waals surface area contributed by atoms with Gasteiger partial charge in [-0.25, -0.2) is 0 Å². The molecular weight excluding hydrogens is 338 g/mol. The molecule has 1 heterocycles. The summed E-state index contributed by atoms with van der Waals surface area (Å²) in [7, 11) is 0. The van der Waals surface area contributed by atoms with E-state index < -0.39 is 0 Å². The van der Waals surface area contributed by atoms with Gasteiger partial charge in [0.15, 0.2) is 0 Å². The lowest BCUT2D eigenvalue weighted by Gasteiger charge is -2.46. The van der Waals surface area contributed by atoms with E-state index in [-0.39, 0.29) is 29.9 Å². The number of hydrogen-bond acceptors (Lipinski definition) is 3. The second kappa shape index (κ2) is 7.78. The lowest BCUT2D eigenvalue weighted by Crippen LogP contribution is -2.44. The summed E-state index contributed by atoms with van der Waals surface area (Å²) < 4.78 is 5.65. The lowest BCUT2D eigenvalue weighted by atomic mass is 9.80. The molecule has 140 valence electrons. The standard InChI is InChI=1S/C23H25NO3/c1-15-21(19-11-7-5-8-12-19)24(17(3)25)22(20-13-9-6-10-14-20)16(2)23(15)27-18(4)26/h5-15,21-22H,1-4H3. The van der Waals surface area contributed by atoms with E-state index in [1.807, 2.05) is 79.4 Å². The molecule has 2 aromatic carbocycles. The van der Waals surface area contributed by atoms with Crippen molar-refractivity contribution in [3.8, 4) is 0 Å². The minimum absolute atomic E-state index is 0.00854. The monoisotopic (exact) mass is 363 g/mol. The van der Waals surface area contributed by atoms with E-state index in [2.05, 4.69) is 0 Å². The summed E-state index contributed by atoms with van der Waals surface area (Å²) in [6, 6.07) is 19.3. The van der Waals surface area contributed by atoms with Gasteiger partial charge in [-0.3, -0.25) is 9.59 Å².